The monoisotopic (exact) mass is 353 g/mol. The first-order chi connectivity index (χ1) is 12.5. The van der Waals surface area contributed by atoms with Crippen molar-refractivity contribution in [1.82, 2.24) is 14.8 Å². The van der Waals surface area contributed by atoms with Gasteiger partial charge in [-0.2, -0.15) is 0 Å². The van der Waals surface area contributed by atoms with Crippen LogP contribution in [-0.4, -0.2) is 46.3 Å². The molecule has 136 valence electrons. The van der Waals surface area contributed by atoms with Crippen LogP contribution in [0.15, 0.2) is 42.6 Å². The first-order valence-corrected chi connectivity index (χ1v) is 8.61. The van der Waals surface area contributed by atoms with Gasteiger partial charge in [0, 0.05) is 25.0 Å². The Morgan fingerprint density at radius 2 is 1.88 bits per heavy atom. The van der Waals surface area contributed by atoms with Crippen molar-refractivity contribution in [3.63, 3.8) is 0 Å². The summed E-state index contributed by atoms with van der Waals surface area (Å²) >= 11 is 0. The van der Waals surface area contributed by atoms with Crippen LogP contribution in [0.2, 0.25) is 0 Å². The second kappa shape index (κ2) is 7.56. The van der Waals surface area contributed by atoms with Gasteiger partial charge in [0.2, 0.25) is 11.8 Å². The Hall–Kier alpha value is -2.89. The van der Waals surface area contributed by atoms with Crippen molar-refractivity contribution in [2.45, 2.75) is 33.0 Å². The molecule has 3 rings (SSSR count). The second-order valence-corrected chi connectivity index (χ2v) is 6.49. The molecule has 1 saturated heterocycles. The van der Waals surface area contributed by atoms with E-state index in [2.05, 4.69) is 4.98 Å². The van der Waals surface area contributed by atoms with E-state index in [1.54, 1.807) is 30.0 Å². The van der Waals surface area contributed by atoms with Crippen molar-refractivity contribution in [3.8, 4) is 5.75 Å². The highest BCUT2D eigenvalue weighted by Crippen LogP contribution is 2.20. The van der Waals surface area contributed by atoms with Crippen molar-refractivity contribution in [2.75, 3.05) is 13.7 Å². The third kappa shape index (κ3) is 3.69. The zero-order chi connectivity index (χ0) is 18.7. The summed E-state index contributed by atoms with van der Waals surface area (Å²) in [7, 11) is 1.61. The number of carbonyl (C=O) groups excluding carboxylic acids is 2. The Kier molecular flexibility index (Phi) is 5.21. The maximum Gasteiger partial charge on any atom is 0.245 e. The van der Waals surface area contributed by atoms with Crippen LogP contribution in [0, 0.1) is 6.92 Å². The maximum atomic E-state index is 12.8. The summed E-state index contributed by atoms with van der Waals surface area (Å²) in [6.45, 7) is 4.60. The quantitative estimate of drug-likeness (QED) is 0.826. The molecular weight excluding hydrogens is 330 g/mol. The number of hydrogen-bond donors (Lipinski definition) is 0. The molecule has 6 nitrogen and oxygen atoms in total. The zero-order valence-corrected chi connectivity index (χ0v) is 15.3. The molecule has 0 spiro atoms. The lowest BCUT2D eigenvalue weighted by molar-refractivity contribution is -0.156. The van der Waals surface area contributed by atoms with E-state index >= 15 is 0 Å². The molecule has 0 saturated carbocycles. The average molecular weight is 353 g/mol. The fraction of sp³-hybridized carbons (Fsp3) is 0.350. The van der Waals surface area contributed by atoms with Crippen molar-refractivity contribution >= 4 is 11.8 Å². The lowest BCUT2D eigenvalue weighted by Crippen LogP contribution is -2.58. The Morgan fingerprint density at radius 3 is 2.54 bits per heavy atom. The summed E-state index contributed by atoms with van der Waals surface area (Å²) in [5.41, 5.74) is 2.81. The number of rotatable bonds is 5. The Balaban J connectivity index is 1.71. The van der Waals surface area contributed by atoms with Crippen LogP contribution >= 0.6 is 0 Å². The SMILES string of the molecule is COc1ccc(CN2CC(=O)N(Cc3cccnc3C)[C@@H](C)C2=O)cc1. The normalized spacial score (nSPS) is 17.6. The van der Waals surface area contributed by atoms with E-state index < -0.39 is 6.04 Å². The molecule has 1 aromatic heterocycles. The third-order valence-corrected chi connectivity index (χ3v) is 4.77. The van der Waals surface area contributed by atoms with Gasteiger partial charge in [0.25, 0.3) is 0 Å². The van der Waals surface area contributed by atoms with Crippen LogP contribution in [-0.2, 0) is 22.7 Å². The van der Waals surface area contributed by atoms with E-state index in [1.165, 1.54) is 0 Å². The number of aromatic nitrogens is 1. The molecule has 0 aliphatic carbocycles. The molecule has 2 heterocycles. The van der Waals surface area contributed by atoms with Crippen LogP contribution in [0.25, 0.3) is 0 Å². The van der Waals surface area contributed by atoms with Crippen LogP contribution in [0.4, 0.5) is 0 Å². The largest absolute Gasteiger partial charge is 0.497 e. The van der Waals surface area contributed by atoms with Gasteiger partial charge in [0.05, 0.1) is 7.11 Å². The summed E-state index contributed by atoms with van der Waals surface area (Å²) in [4.78, 5) is 32.9. The fourth-order valence-electron chi connectivity index (χ4n) is 3.12. The lowest BCUT2D eigenvalue weighted by Gasteiger charge is -2.39. The van der Waals surface area contributed by atoms with E-state index in [9.17, 15) is 9.59 Å². The average Bonchev–Trinajstić information content (AvgIpc) is 2.65. The van der Waals surface area contributed by atoms with Gasteiger partial charge < -0.3 is 14.5 Å². The molecule has 1 aromatic carbocycles. The van der Waals surface area contributed by atoms with Crippen LogP contribution < -0.4 is 4.74 Å². The first kappa shape index (κ1) is 17.9. The number of nitrogens with zero attached hydrogens (tertiary/aromatic N) is 3. The molecule has 0 N–H and O–H groups in total. The minimum Gasteiger partial charge on any atom is -0.497 e. The zero-order valence-electron chi connectivity index (χ0n) is 15.3. The fourth-order valence-corrected chi connectivity index (χ4v) is 3.12. The molecule has 1 aliphatic heterocycles. The predicted molar refractivity (Wildman–Crippen MR) is 97.4 cm³/mol. The Morgan fingerprint density at radius 1 is 1.15 bits per heavy atom. The number of pyridine rings is 1. The summed E-state index contributed by atoms with van der Waals surface area (Å²) in [6, 6.07) is 10.8. The van der Waals surface area contributed by atoms with Crippen molar-refractivity contribution in [2.24, 2.45) is 0 Å². The highest BCUT2D eigenvalue weighted by atomic mass is 16.5. The minimum absolute atomic E-state index is 0.0399. The summed E-state index contributed by atoms with van der Waals surface area (Å²) < 4.78 is 5.15. The molecule has 0 radical (unpaired) electrons. The van der Waals surface area contributed by atoms with Crippen molar-refractivity contribution in [1.29, 1.82) is 0 Å². The van der Waals surface area contributed by atoms with Gasteiger partial charge in [-0.1, -0.05) is 18.2 Å². The number of benzene rings is 1. The smallest absolute Gasteiger partial charge is 0.245 e. The van der Waals surface area contributed by atoms with E-state index in [-0.39, 0.29) is 18.4 Å². The number of amides is 2. The second-order valence-electron chi connectivity index (χ2n) is 6.49. The predicted octanol–water partition coefficient (Wildman–Crippen LogP) is 2.16. The molecule has 0 bridgehead atoms. The van der Waals surface area contributed by atoms with Gasteiger partial charge in [-0.25, -0.2) is 0 Å². The summed E-state index contributed by atoms with van der Waals surface area (Å²) in [6.07, 6.45) is 1.72. The highest BCUT2D eigenvalue weighted by molar-refractivity contribution is 5.94. The van der Waals surface area contributed by atoms with E-state index in [4.69, 9.17) is 4.74 Å². The molecule has 6 heteroatoms. The van der Waals surface area contributed by atoms with Crippen LogP contribution in [0.3, 0.4) is 0 Å². The standard InChI is InChI=1S/C20H23N3O3/c1-14-17(5-4-10-21-14)12-23-15(2)20(25)22(13-19(23)24)11-16-6-8-18(26-3)9-7-16/h4-10,15H,11-13H2,1-3H3/t15-/m0/s1. The number of carbonyl (C=O) groups is 2. The highest BCUT2D eigenvalue weighted by Gasteiger charge is 2.36. The number of hydrogen-bond acceptors (Lipinski definition) is 4. The molecule has 2 aromatic rings. The van der Waals surface area contributed by atoms with Gasteiger partial charge in [-0.3, -0.25) is 14.6 Å². The first-order valence-electron chi connectivity index (χ1n) is 8.61. The van der Waals surface area contributed by atoms with Gasteiger partial charge in [-0.15, -0.1) is 0 Å². The maximum absolute atomic E-state index is 12.8. The number of aryl methyl sites for hydroxylation is 1. The lowest BCUT2D eigenvalue weighted by atomic mass is 10.1. The number of piperazine rings is 1. The molecule has 26 heavy (non-hydrogen) atoms. The van der Waals surface area contributed by atoms with Gasteiger partial charge in [0.15, 0.2) is 0 Å². The van der Waals surface area contributed by atoms with Crippen LogP contribution in [0.5, 0.6) is 5.75 Å². The summed E-state index contributed by atoms with van der Waals surface area (Å²) in [5, 5.41) is 0. The van der Waals surface area contributed by atoms with Crippen molar-refractivity contribution < 1.29 is 14.3 Å². The van der Waals surface area contributed by atoms with Gasteiger partial charge in [0.1, 0.15) is 18.3 Å². The molecule has 0 unspecified atom stereocenters. The van der Waals surface area contributed by atoms with E-state index in [0.717, 1.165) is 22.6 Å². The van der Waals surface area contributed by atoms with Gasteiger partial charge >= 0.3 is 0 Å². The van der Waals surface area contributed by atoms with E-state index in [0.29, 0.717) is 13.1 Å². The molecule has 1 atom stereocenters. The molecule has 2 amide bonds. The minimum atomic E-state index is -0.492. The van der Waals surface area contributed by atoms with Gasteiger partial charge in [-0.05, 0) is 43.2 Å². The number of methoxy groups -OCH3 is 1. The van der Waals surface area contributed by atoms with Crippen molar-refractivity contribution in [3.05, 3.63) is 59.4 Å². The number of ether oxygens (including phenoxy) is 1. The summed E-state index contributed by atoms with van der Waals surface area (Å²) in [5.74, 6) is 0.678. The van der Waals surface area contributed by atoms with E-state index in [1.807, 2.05) is 43.3 Å². The topological polar surface area (TPSA) is 62.7 Å². The Bertz CT molecular complexity index is 804. The molecular formula is C20H23N3O3. The third-order valence-electron chi connectivity index (χ3n) is 4.77. The molecule has 1 fully saturated rings. The molecule has 1 aliphatic rings. The van der Waals surface area contributed by atoms with Crippen LogP contribution in [0.1, 0.15) is 23.7 Å². The Labute approximate surface area is 153 Å².